The highest BCUT2D eigenvalue weighted by atomic mass is 35.5. The van der Waals surface area contributed by atoms with Crippen LogP contribution in [0.4, 0.5) is 4.79 Å². The van der Waals surface area contributed by atoms with Crippen LogP contribution >= 0.6 is 11.6 Å². The summed E-state index contributed by atoms with van der Waals surface area (Å²) in [6.07, 6.45) is 3.61. The Labute approximate surface area is 155 Å². The van der Waals surface area contributed by atoms with Crippen LogP contribution in [-0.2, 0) is 11.3 Å². The Balaban J connectivity index is 1.56. The lowest BCUT2D eigenvalue weighted by atomic mass is 9.73. The lowest BCUT2D eigenvalue weighted by Crippen LogP contribution is -2.53. The molecule has 4 rings (SSSR count). The lowest BCUT2D eigenvalue weighted by Gasteiger charge is -2.36. The molecule has 2 aromatic rings. The molecule has 1 saturated carbocycles. The van der Waals surface area contributed by atoms with E-state index in [1.807, 2.05) is 19.1 Å². The molecule has 0 unspecified atom stereocenters. The molecule has 2 heterocycles. The number of rotatable bonds is 3. The van der Waals surface area contributed by atoms with Gasteiger partial charge in [0.1, 0.15) is 12.1 Å². The third kappa shape index (κ3) is 2.67. The number of urea groups is 1. The molecule has 1 N–H and O–H groups in total. The van der Waals surface area contributed by atoms with Crippen molar-refractivity contribution in [3.8, 4) is 11.4 Å². The van der Waals surface area contributed by atoms with E-state index in [0.29, 0.717) is 22.8 Å². The molecular weight excluding hydrogens is 356 g/mol. The SMILES string of the molecule is C[C@H]1CCCC[C@@]12NC(=O)N(Cc1nc(-c3ccccc3Cl)no1)C2=O. The largest absolute Gasteiger partial charge is 0.337 e. The molecular formula is C18H19ClN4O3. The van der Waals surface area contributed by atoms with Crippen molar-refractivity contribution in [1.29, 1.82) is 0 Å². The zero-order chi connectivity index (χ0) is 18.3. The quantitative estimate of drug-likeness (QED) is 0.832. The number of nitrogens with one attached hydrogen (secondary N) is 1. The van der Waals surface area contributed by atoms with Crippen LogP contribution in [0.3, 0.4) is 0 Å². The summed E-state index contributed by atoms with van der Waals surface area (Å²) in [5.41, 5.74) is -0.153. The smallest absolute Gasteiger partial charge is 0.325 e. The number of amides is 3. The predicted molar refractivity (Wildman–Crippen MR) is 94.2 cm³/mol. The molecule has 2 fully saturated rings. The lowest BCUT2D eigenvalue weighted by molar-refractivity contribution is -0.134. The number of aromatic nitrogens is 2. The van der Waals surface area contributed by atoms with Gasteiger partial charge in [0.05, 0.1) is 5.02 Å². The molecule has 8 heteroatoms. The van der Waals surface area contributed by atoms with Crippen LogP contribution in [0.5, 0.6) is 0 Å². The van der Waals surface area contributed by atoms with Crippen molar-refractivity contribution in [2.24, 2.45) is 5.92 Å². The Bertz CT molecular complexity index is 868. The number of nitrogens with zero attached hydrogens (tertiary/aromatic N) is 3. The minimum atomic E-state index is -0.791. The van der Waals surface area contributed by atoms with Gasteiger partial charge < -0.3 is 9.84 Å². The van der Waals surface area contributed by atoms with Crippen molar-refractivity contribution in [3.05, 3.63) is 35.2 Å². The maximum absolute atomic E-state index is 13.0. The van der Waals surface area contributed by atoms with Gasteiger partial charge in [0.15, 0.2) is 0 Å². The topological polar surface area (TPSA) is 88.3 Å². The number of carbonyl (C=O) groups excluding carboxylic acids is 2. The molecule has 26 heavy (non-hydrogen) atoms. The average molecular weight is 375 g/mol. The monoisotopic (exact) mass is 374 g/mol. The zero-order valence-electron chi connectivity index (χ0n) is 14.4. The van der Waals surface area contributed by atoms with Crippen LogP contribution in [0, 0.1) is 5.92 Å². The number of benzene rings is 1. The van der Waals surface area contributed by atoms with Crippen LogP contribution < -0.4 is 5.32 Å². The van der Waals surface area contributed by atoms with Crippen molar-refractivity contribution in [3.63, 3.8) is 0 Å². The molecule has 1 spiro atoms. The van der Waals surface area contributed by atoms with Gasteiger partial charge in [0.25, 0.3) is 5.91 Å². The number of hydrogen-bond donors (Lipinski definition) is 1. The normalized spacial score (nSPS) is 25.8. The minimum Gasteiger partial charge on any atom is -0.337 e. The number of halogens is 1. The van der Waals surface area contributed by atoms with E-state index < -0.39 is 11.6 Å². The summed E-state index contributed by atoms with van der Waals surface area (Å²) in [6.45, 7) is 1.97. The second-order valence-corrected chi connectivity index (χ2v) is 7.34. The van der Waals surface area contributed by atoms with Crippen LogP contribution in [0.2, 0.25) is 5.02 Å². The van der Waals surface area contributed by atoms with E-state index in [9.17, 15) is 9.59 Å². The fraction of sp³-hybridized carbons (Fsp3) is 0.444. The van der Waals surface area contributed by atoms with Gasteiger partial charge in [-0.1, -0.05) is 48.7 Å². The first-order valence-corrected chi connectivity index (χ1v) is 9.10. The van der Waals surface area contributed by atoms with Crippen molar-refractivity contribution in [2.75, 3.05) is 0 Å². The summed E-state index contributed by atoms with van der Waals surface area (Å²) in [7, 11) is 0. The molecule has 7 nitrogen and oxygen atoms in total. The Kier molecular flexibility index (Phi) is 4.19. The van der Waals surface area contributed by atoms with E-state index in [-0.39, 0.29) is 24.3 Å². The maximum atomic E-state index is 13.0. The summed E-state index contributed by atoms with van der Waals surface area (Å²) >= 11 is 6.15. The Morgan fingerprint density at radius 1 is 1.35 bits per heavy atom. The number of hydrogen-bond acceptors (Lipinski definition) is 5. The fourth-order valence-corrected chi connectivity index (χ4v) is 4.07. The molecule has 3 amide bonds. The Morgan fingerprint density at radius 3 is 2.92 bits per heavy atom. The van der Waals surface area contributed by atoms with Gasteiger partial charge in [0.2, 0.25) is 11.7 Å². The van der Waals surface area contributed by atoms with Gasteiger partial charge in [0, 0.05) is 5.56 Å². The van der Waals surface area contributed by atoms with Gasteiger partial charge in [-0.05, 0) is 30.9 Å². The third-order valence-electron chi connectivity index (χ3n) is 5.38. The van der Waals surface area contributed by atoms with Gasteiger partial charge in [-0.2, -0.15) is 4.98 Å². The molecule has 2 atom stereocenters. The van der Waals surface area contributed by atoms with Crippen molar-refractivity contribution in [1.82, 2.24) is 20.4 Å². The van der Waals surface area contributed by atoms with Gasteiger partial charge in [-0.3, -0.25) is 9.69 Å². The predicted octanol–water partition coefficient (Wildman–Crippen LogP) is 3.39. The summed E-state index contributed by atoms with van der Waals surface area (Å²) < 4.78 is 5.24. The van der Waals surface area contributed by atoms with Crippen molar-refractivity contribution >= 4 is 23.5 Å². The number of imide groups is 1. The van der Waals surface area contributed by atoms with Crippen LogP contribution in [0.25, 0.3) is 11.4 Å². The Hall–Kier alpha value is -2.41. The molecule has 1 aliphatic carbocycles. The minimum absolute atomic E-state index is 0.0451. The summed E-state index contributed by atoms with van der Waals surface area (Å²) in [6, 6.07) is 6.75. The summed E-state index contributed by atoms with van der Waals surface area (Å²) in [5, 5.41) is 7.34. The zero-order valence-corrected chi connectivity index (χ0v) is 15.1. The molecule has 0 bridgehead atoms. The van der Waals surface area contributed by atoms with E-state index in [2.05, 4.69) is 15.5 Å². The van der Waals surface area contributed by atoms with Crippen LogP contribution in [-0.4, -0.2) is 32.5 Å². The molecule has 1 aromatic heterocycles. The van der Waals surface area contributed by atoms with E-state index in [0.717, 1.165) is 19.3 Å². The van der Waals surface area contributed by atoms with Gasteiger partial charge >= 0.3 is 6.03 Å². The molecule has 136 valence electrons. The molecule has 0 radical (unpaired) electrons. The standard InChI is InChI=1S/C18H19ClN4O3/c1-11-6-4-5-9-18(11)16(24)23(17(25)21-18)10-14-20-15(22-26-14)12-7-2-3-8-13(12)19/h2-3,7-8,11H,4-6,9-10H2,1H3,(H,21,25)/t11-,18+/m0/s1. The second-order valence-electron chi connectivity index (χ2n) is 6.93. The first-order chi connectivity index (χ1) is 12.5. The highest BCUT2D eigenvalue weighted by Crippen LogP contribution is 2.38. The summed E-state index contributed by atoms with van der Waals surface area (Å²) in [4.78, 5) is 30.9. The maximum Gasteiger partial charge on any atom is 0.325 e. The van der Waals surface area contributed by atoms with E-state index in [1.54, 1.807) is 12.1 Å². The molecule has 2 aliphatic rings. The second kappa shape index (κ2) is 6.39. The van der Waals surface area contributed by atoms with Crippen LogP contribution in [0.15, 0.2) is 28.8 Å². The first kappa shape index (κ1) is 17.0. The first-order valence-electron chi connectivity index (χ1n) is 8.73. The molecule has 1 saturated heterocycles. The molecule has 1 aromatic carbocycles. The Morgan fingerprint density at radius 2 is 2.15 bits per heavy atom. The van der Waals surface area contributed by atoms with Crippen molar-refractivity contribution < 1.29 is 14.1 Å². The number of carbonyl (C=O) groups is 2. The van der Waals surface area contributed by atoms with Gasteiger partial charge in [-0.25, -0.2) is 4.79 Å². The van der Waals surface area contributed by atoms with Gasteiger partial charge in [-0.15, -0.1) is 0 Å². The molecule has 1 aliphatic heterocycles. The fourth-order valence-electron chi connectivity index (χ4n) is 3.85. The average Bonchev–Trinajstić information content (AvgIpc) is 3.18. The third-order valence-corrected chi connectivity index (χ3v) is 5.71. The highest BCUT2D eigenvalue weighted by Gasteiger charge is 2.55. The highest BCUT2D eigenvalue weighted by molar-refractivity contribution is 6.33. The van der Waals surface area contributed by atoms with E-state index in [1.165, 1.54) is 4.90 Å². The summed E-state index contributed by atoms with van der Waals surface area (Å²) in [5.74, 6) is 0.439. The van der Waals surface area contributed by atoms with Crippen LogP contribution in [0.1, 0.15) is 38.5 Å². The van der Waals surface area contributed by atoms with Crippen molar-refractivity contribution in [2.45, 2.75) is 44.7 Å². The van der Waals surface area contributed by atoms with E-state index >= 15 is 0 Å². The van der Waals surface area contributed by atoms with E-state index in [4.69, 9.17) is 16.1 Å².